The molecule has 0 bridgehead atoms. The molecular formula is C38H46N4O6. The lowest BCUT2D eigenvalue weighted by Gasteiger charge is -2.21. The zero-order valence-corrected chi connectivity index (χ0v) is 29.2. The van der Waals surface area contributed by atoms with E-state index in [1.54, 1.807) is 32.9 Å². The average molecular weight is 655 g/mol. The van der Waals surface area contributed by atoms with Crippen molar-refractivity contribution < 1.29 is 28.5 Å². The monoisotopic (exact) mass is 654 g/mol. The molecule has 0 aliphatic heterocycles. The molecule has 0 fully saturated rings. The van der Waals surface area contributed by atoms with Crippen LogP contribution in [0.4, 0.5) is 9.59 Å². The van der Waals surface area contributed by atoms with E-state index >= 15 is 0 Å². The van der Waals surface area contributed by atoms with Gasteiger partial charge in [-0.15, -0.1) is 0 Å². The Hall–Kier alpha value is -4.83. The van der Waals surface area contributed by atoms with Gasteiger partial charge in [0.1, 0.15) is 41.6 Å². The van der Waals surface area contributed by atoms with Crippen LogP contribution in [0.2, 0.25) is 0 Å². The average Bonchev–Trinajstić information content (AvgIpc) is 3.59. The van der Waals surface area contributed by atoms with Crippen LogP contribution in [0, 0.1) is 0 Å². The van der Waals surface area contributed by atoms with Crippen LogP contribution in [0.1, 0.15) is 61.0 Å². The van der Waals surface area contributed by atoms with Crippen molar-refractivity contribution in [3.05, 3.63) is 78.4 Å². The van der Waals surface area contributed by atoms with E-state index in [2.05, 4.69) is 18.7 Å². The van der Waals surface area contributed by atoms with E-state index in [1.165, 1.54) is 9.25 Å². The fraction of sp³-hybridized carbons (Fsp3) is 0.395. The van der Waals surface area contributed by atoms with E-state index in [-0.39, 0.29) is 0 Å². The second-order valence-corrected chi connectivity index (χ2v) is 13.6. The van der Waals surface area contributed by atoms with Crippen molar-refractivity contribution in [1.29, 1.82) is 0 Å². The minimum atomic E-state index is -0.765. The van der Waals surface area contributed by atoms with Crippen molar-refractivity contribution in [2.75, 3.05) is 26.2 Å². The summed E-state index contributed by atoms with van der Waals surface area (Å²) in [7, 11) is 0. The predicted octanol–water partition coefficient (Wildman–Crippen LogP) is 8.52. The first kappa shape index (κ1) is 34.5. The number of aromatic nitrogens is 3. The SMILES string of the molecule is CCN(CC)CCOc1ccc2cc(-c3nn(C(=O)OC(C)(C)C)c4ccc(OCc5ccccc5)cc34)n(C(=O)OC(C)(C)C)c2c1. The molecule has 0 spiro atoms. The van der Waals surface area contributed by atoms with Gasteiger partial charge in [-0.05, 0) is 96.6 Å². The number of carbonyl (C=O) groups excluding carboxylic acids is 2. The van der Waals surface area contributed by atoms with Gasteiger partial charge in [0.25, 0.3) is 0 Å². The minimum Gasteiger partial charge on any atom is -0.492 e. The quantitative estimate of drug-likeness (QED) is 0.148. The third-order valence-corrected chi connectivity index (χ3v) is 7.63. The van der Waals surface area contributed by atoms with Gasteiger partial charge in [-0.3, -0.25) is 0 Å². The molecule has 2 heterocycles. The zero-order valence-electron chi connectivity index (χ0n) is 29.2. The first-order valence-electron chi connectivity index (χ1n) is 16.4. The summed E-state index contributed by atoms with van der Waals surface area (Å²) >= 11 is 0. The number of carbonyl (C=O) groups is 2. The number of fused-ring (bicyclic) bond motifs is 2. The molecule has 0 unspecified atom stereocenters. The lowest BCUT2D eigenvalue weighted by Crippen LogP contribution is -2.28. The highest BCUT2D eigenvalue weighted by atomic mass is 16.6. The largest absolute Gasteiger partial charge is 0.492 e. The standard InChI is InChI=1S/C38H46N4O6/c1-9-40(10-2)20-21-45-29-17-16-27-22-33(41(32(27)24-29)35(43)47-37(3,4)5)34-30-23-28(46-25-26-14-12-11-13-15-26)18-19-31(30)42(39-34)36(44)48-38(6,7)8/h11-19,22-24H,9-10,20-21,25H2,1-8H3. The van der Waals surface area contributed by atoms with Crippen LogP contribution in [0.5, 0.6) is 11.5 Å². The molecule has 0 aliphatic rings. The van der Waals surface area contributed by atoms with Crippen LogP contribution in [0.3, 0.4) is 0 Å². The van der Waals surface area contributed by atoms with Gasteiger partial charge in [0.2, 0.25) is 0 Å². The summed E-state index contributed by atoms with van der Waals surface area (Å²) in [4.78, 5) is 29.7. The first-order valence-corrected chi connectivity index (χ1v) is 16.4. The molecular weight excluding hydrogens is 608 g/mol. The molecule has 0 atom stereocenters. The lowest BCUT2D eigenvalue weighted by atomic mass is 10.1. The molecule has 3 aromatic carbocycles. The fourth-order valence-corrected chi connectivity index (χ4v) is 5.34. The van der Waals surface area contributed by atoms with Crippen LogP contribution < -0.4 is 9.47 Å². The van der Waals surface area contributed by atoms with Crippen LogP contribution >= 0.6 is 0 Å². The highest BCUT2D eigenvalue weighted by molar-refractivity contribution is 6.03. The van der Waals surface area contributed by atoms with Crippen molar-refractivity contribution >= 4 is 34.0 Å². The molecule has 10 nitrogen and oxygen atoms in total. The second kappa shape index (κ2) is 14.1. The van der Waals surface area contributed by atoms with Gasteiger partial charge in [0.15, 0.2) is 0 Å². The number of nitrogens with zero attached hydrogens (tertiary/aromatic N) is 4. The Bertz CT molecular complexity index is 1890. The summed E-state index contributed by atoms with van der Waals surface area (Å²) in [6, 6.07) is 22.8. The molecule has 48 heavy (non-hydrogen) atoms. The fourth-order valence-electron chi connectivity index (χ4n) is 5.34. The van der Waals surface area contributed by atoms with Crippen molar-refractivity contribution in [2.24, 2.45) is 0 Å². The van der Waals surface area contributed by atoms with E-state index in [9.17, 15) is 9.59 Å². The van der Waals surface area contributed by atoms with Crippen LogP contribution in [0.15, 0.2) is 72.8 Å². The Morgan fingerprint density at radius 3 is 2.06 bits per heavy atom. The lowest BCUT2D eigenvalue weighted by molar-refractivity contribution is 0.0520. The smallest absolute Gasteiger partial charge is 0.435 e. The van der Waals surface area contributed by atoms with E-state index in [0.29, 0.717) is 52.5 Å². The molecule has 0 saturated carbocycles. The third kappa shape index (κ3) is 8.17. The highest BCUT2D eigenvalue weighted by Gasteiger charge is 2.28. The van der Waals surface area contributed by atoms with Gasteiger partial charge >= 0.3 is 12.2 Å². The van der Waals surface area contributed by atoms with Gasteiger partial charge in [-0.25, -0.2) is 14.2 Å². The third-order valence-electron chi connectivity index (χ3n) is 7.63. The molecule has 0 aliphatic carbocycles. The molecule has 10 heteroatoms. The van der Waals surface area contributed by atoms with Crippen molar-refractivity contribution in [2.45, 2.75) is 73.2 Å². The van der Waals surface area contributed by atoms with Crippen molar-refractivity contribution in [3.63, 3.8) is 0 Å². The van der Waals surface area contributed by atoms with Crippen LogP contribution in [-0.4, -0.2) is 68.9 Å². The molecule has 0 N–H and O–H groups in total. The van der Waals surface area contributed by atoms with Crippen molar-refractivity contribution in [1.82, 2.24) is 19.2 Å². The van der Waals surface area contributed by atoms with E-state index < -0.39 is 23.4 Å². The molecule has 0 amide bonds. The topological polar surface area (TPSA) is 97.0 Å². The van der Waals surface area contributed by atoms with E-state index in [4.69, 9.17) is 24.0 Å². The molecule has 0 saturated heterocycles. The molecule has 2 aromatic heterocycles. The number of rotatable bonds is 10. The number of hydrogen-bond donors (Lipinski definition) is 0. The first-order chi connectivity index (χ1) is 22.8. The Kier molecular flexibility index (Phi) is 10.1. The Morgan fingerprint density at radius 1 is 0.750 bits per heavy atom. The number of benzene rings is 3. The maximum absolute atomic E-state index is 14.0. The Balaban J connectivity index is 1.64. The number of likely N-dealkylation sites (N-methyl/N-ethyl adjacent to an activating group) is 1. The van der Waals surface area contributed by atoms with Crippen LogP contribution in [-0.2, 0) is 16.1 Å². The minimum absolute atomic E-state index is 0.358. The maximum Gasteiger partial charge on any atom is 0.435 e. The van der Waals surface area contributed by atoms with Gasteiger partial charge < -0.3 is 23.8 Å². The van der Waals surface area contributed by atoms with Gasteiger partial charge in [0, 0.05) is 23.4 Å². The van der Waals surface area contributed by atoms with Gasteiger partial charge in [0.05, 0.1) is 16.7 Å². The Morgan fingerprint density at radius 2 is 1.40 bits per heavy atom. The summed E-state index contributed by atoms with van der Waals surface area (Å²) < 4.78 is 26.6. The molecule has 0 radical (unpaired) electrons. The number of hydrogen-bond acceptors (Lipinski definition) is 8. The summed E-state index contributed by atoms with van der Waals surface area (Å²) in [5.74, 6) is 1.21. The number of ether oxygens (including phenoxy) is 4. The molecule has 5 rings (SSSR count). The summed E-state index contributed by atoms with van der Waals surface area (Å²) in [6.45, 7) is 18.6. The second-order valence-electron chi connectivity index (χ2n) is 13.6. The summed E-state index contributed by atoms with van der Waals surface area (Å²) in [6.07, 6.45) is -1.22. The maximum atomic E-state index is 14.0. The van der Waals surface area contributed by atoms with Crippen LogP contribution in [0.25, 0.3) is 33.2 Å². The Labute approximate surface area is 282 Å². The van der Waals surface area contributed by atoms with Gasteiger partial charge in [-0.2, -0.15) is 9.78 Å². The summed E-state index contributed by atoms with van der Waals surface area (Å²) in [5.41, 5.74) is 1.45. The summed E-state index contributed by atoms with van der Waals surface area (Å²) in [5, 5.41) is 6.16. The van der Waals surface area contributed by atoms with E-state index in [1.807, 2.05) is 81.4 Å². The van der Waals surface area contributed by atoms with Crippen molar-refractivity contribution in [3.8, 4) is 22.9 Å². The highest BCUT2D eigenvalue weighted by Crippen LogP contribution is 2.36. The molecule has 254 valence electrons. The van der Waals surface area contributed by atoms with Gasteiger partial charge in [-0.1, -0.05) is 44.2 Å². The van der Waals surface area contributed by atoms with E-state index in [0.717, 1.165) is 30.6 Å². The molecule has 5 aromatic rings. The zero-order chi connectivity index (χ0) is 34.6. The predicted molar refractivity (Wildman–Crippen MR) is 188 cm³/mol. The normalized spacial score (nSPS) is 12.1.